The molecule has 1 N–H and O–H groups in total. The van der Waals surface area contributed by atoms with E-state index in [0.717, 1.165) is 25.3 Å². The number of hydrogen-bond acceptors (Lipinski definition) is 4. The maximum Gasteiger partial charge on any atom is 0.0933 e. The molecule has 20 heavy (non-hydrogen) atoms. The third-order valence-electron chi connectivity index (χ3n) is 3.49. The first kappa shape index (κ1) is 13.3. The quantitative estimate of drug-likeness (QED) is 0.905. The van der Waals surface area contributed by atoms with Gasteiger partial charge in [0.15, 0.2) is 0 Å². The Bertz CT molecular complexity index is 541. The number of hydrogen-bond donors (Lipinski definition) is 1. The molecule has 1 aliphatic rings. The average molecular weight is 273 g/mol. The van der Waals surface area contributed by atoms with Gasteiger partial charge in [-0.2, -0.15) is 5.10 Å². The van der Waals surface area contributed by atoms with E-state index in [9.17, 15) is 0 Å². The number of ether oxygens (including phenoxy) is 1. The van der Waals surface area contributed by atoms with Gasteiger partial charge in [-0.3, -0.25) is 4.90 Å². The molecule has 2 aromatic rings. The molecule has 1 aliphatic heterocycles. The summed E-state index contributed by atoms with van der Waals surface area (Å²) in [6.07, 6.45) is 3.89. The monoisotopic (exact) mass is 273 g/mol. The van der Waals surface area contributed by atoms with Crippen molar-refractivity contribution in [3.05, 3.63) is 48.3 Å². The minimum Gasteiger partial charge on any atom is -0.394 e. The van der Waals surface area contributed by atoms with Crippen molar-refractivity contribution in [2.45, 2.75) is 12.6 Å². The molecule has 0 amide bonds. The van der Waals surface area contributed by atoms with Gasteiger partial charge in [-0.25, -0.2) is 4.68 Å². The first-order chi connectivity index (χ1) is 9.85. The summed E-state index contributed by atoms with van der Waals surface area (Å²) in [5.74, 6) is 0. The van der Waals surface area contributed by atoms with Crippen molar-refractivity contribution < 1.29 is 9.84 Å². The Morgan fingerprint density at radius 2 is 2.15 bits per heavy atom. The van der Waals surface area contributed by atoms with Gasteiger partial charge < -0.3 is 9.84 Å². The summed E-state index contributed by atoms with van der Waals surface area (Å²) in [6.45, 7) is 3.27. The number of aliphatic hydroxyl groups is 1. The Labute approximate surface area is 118 Å². The Balaban J connectivity index is 1.65. The van der Waals surface area contributed by atoms with E-state index in [0.29, 0.717) is 6.61 Å². The molecule has 1 aromatic carbocycles. The fourth-order valence-corrected chi connectivity index (χ4v) is 2.46. The van der Waals surface area contributed by atoms with Crippen LogP contribution in [0.4, 0.5) is 0 Å². The molecule has 1 aromatic heterocycles. The highest BCUT2D eigenvalue weighted by atomic mass is 16.5. The van der Waals surface area contributed by atoms with E-state index in [1.54, 1.807) is 0 Å². The summed E-state index contributed by atoms with van der Waals surface area (Å²) < 4.78 is 7.35. The summed E-state index contributed by atoms with van der Waals surface area (Å²) in [4.78, 5) is 2.29. The maximum atomic E-state index is 9.16. The number of aromatic nitrogens is 2. The third-order valence-corrected chi connectivity index (χ3v) is 3.49. The molecule has 0 saturated carbocycles. The van der Waals surface area contributed by atoms with Gasteiger partial charge in [0, 0.05) is 31.4 Å². The molecule has 1 fully saturated rings. The van der Waals surface area contributed by atoms with Gasteiger partial charge in [-0.05, 0) is 12.1 Å². The third kappa shape index (κ3) is 3.07. The Morgan fingerprint density at radius 3 is 2.95 bits per heavy atom. The van der Waals surface area contributed by atoms with Crippen LogP contribution >= 0.6 is 0 Å². The van der Waals surface area contributed by atoms with Crippen LogP contribution in [-0.2, 0) is 11.3 Å². The van der Waals surface area contributed by atoms with E-state index in [1.165, 1.54) is 5.56 Å². The second kappa shape index (κ2) is 6.17. The predicted molar refractivity (Wildman–Crippen MR) is 75.7 cm³/mol. The number of benzene rings is 1. The molecule has 1 saturated heterocycles. The zero-order valence-electron chi connectivity index (χ0n) is 11.4. The topological polar surface area (TPSA) is 50.5 Å². The van der Waals surface area contributed by atoms with Crippen LogP contribution in [0.2, 0.25) is 0 Å². The number of aliphatic hydroxyl groups excluding tert-OH is 1. The normalized spacial score (nSPS) is 20.1. The van der Waals surface area contributed by atoms with Crippen LogP contribution < -0.4 is 0 Å². The highest BCUT2D eigenvalue weighted by Crippen LogP contribution is 2.12. The van der Waals surface area contributed by atoms with Crippen molar-refractivity contribution in [3.8, 4) is 5.69 Å². The van der Waals surface area contributed by atoms with E-state index >= 15 is 0 Å². The second-order valence-electron chi connectivity index (χ2n) is 5.04. The molecular formula is C15H19N3O2. The van der Waals surface area contributed by atoms with Crippen LogP contribution in [0.25, 0.3) is 5.69 Å². The lowest BCUT2D eigenvalue weighted by Gasteiger charge is -2.31. The van der Waals surface area contributed by atoms with Crippen LogP contribution in [0.3, 0.4) is 0 Å². The molecule has 106 valence electrons. The standard InChI is InChI=1S/C15H19N3O2/c19-12-15-11-17(6-7-20-15)9-13-8-16-18(10-13)14-4-2-1-3-5-14/h1-5,8,10,15,19H,6-7,9,11-12H2. The van der Waals surface area contributed by atoms with Gasteiger partial charge in [-0.15, -0.1) is 0 Å². The van der Waals surface area contributed by atoms with Crippen LogP contribution in [0.5, 0.6) is 0 Å². The maximum absolute atomic E-state index is 9.16. The summed E-state index contributed by atoms with van der Waals surface area (Å²) in [5, 5.41) is 13.6. The van der Waals surface area contributed by atoms with Crippen molar-refractivity contribution in [2.24, 2.45) is 0 Å². The minimum absolute atomic E-state index is 0.0621. The molecule has 1 atom stereocenters. The van der Waals surface area contributed by atoms with Crippen LogP contribution in [0, 0.1) is 0 Å². The summed E-state index contributed by atoms with van der Waals surface area (Å²) in [7, 11) is 0. The van der Waals surface area contributed by atoms with Crippen molar-refractivity contribution in [2.75, 3.05) is 26.3 Å². The number of rotatable bonds is 4. The van der Waals surface area contributed by atoms with Gasteiger partial charge >= 0.3 is 0 Å². The van der Waals surface area contributed by atoms with Gasteiger partial charge in [0.1, 0.15) is 0 Å². The zero-order chi connectivity index (χ0) is 13.8. The zero-order valence-corrected chi connectivity index (χ0v) is 11.4. The van der Waals surface area contributed by atoms with E-state index in [-0.39, 0.29) is 12.7 Å². The summed E-state index contributed by atoms with van der Waals surface area (Å²) >= 11 is 0. The summed E-state index contributed by atoms with van der Waals surface area (Å²) in [5.41, 5.74) is 2.24. The van der Waals surface area contributed by atoms with E-state index in [2.05, 4.69) is 16.2 Å². The molecule has 0 bridgehead atoms. The van der Waals surface area contributed by atoms with Gasteiger partial charge in [0.25, 0.3) is 0 Å². The minimum atomic E-state index is -0.0621. The highest BCUT2D eigenvalue weighted by Gasteiger charge is 2.20. The molecular weight excluding hydrogens is 254 g/mol. The lowest BCUT2D eigenvalue weighted by molar-refractivity contribution is -0.0551. The Morgan fingerprint density at radius 1 is 1.30 bits per heavy atom. The van der Waals surface area contributed by atoms with Crippen molar-refractivity contribution >= 4 is 0 Å². The SMILES string of the molecule is OCC1CN(Cc2cnn(-c3ccccc3)c2)CCO1. The van der Waals surface area contributed by atoms with Gasteiger partial charge in [0.2, 0.25) is 0 Å². The van der Waals surface area contributed by atoms with Gasteiger partial charge in [-0.1, -0.05) is 18.2 Å². The molecule has 3 rings (SSSR count). The summed E-state index contributed by atoms with van der Waals surface area (Å²) in [6, 6.07) is 10.1. The molecule has 5 heteroatoms. The first-order valence-corrected chi connectivity index (χ1v) is 6.89. The molecule has 5 nitrogen and oxygen atoms in total. The Kier molecular flexibility index (Phi) is 4.11. The molecule has 0 radical (unpaired) electrons. The van der Waals surface area contributed by atoms with Crippen molar-refractivity contribution in [1.29, 1.82) is 0 Å². The van der Waals surface area contributed by atoms with Crippen molar-refractivity contribution in [3.63, 3.8) is 0 Å². The average Bonchev–Trinajstić information content (AvgIpc) is 2.97. The lowest BCUT2D eigenvalue weighted by Crippen LogP contribution is -2.43. The fraction of sp³-hybridized carbons (Fsp3) is 0.400. The smallest absolute Gasteiger partial charge is 0.0933 e. The molecule has 0 aliphatic carbocycles. The van der Waals surface area contributed by atoms with E-state index < -0.39 is 0 Å². The Hall–Kier alpha value is -1.69. The largest absolute Gasteiger partial charge is 0.394 e. The number of nitrogens with zero attached hydrogens (tertiary/aromatic N) is 3. The molecule has 0 spiro atoms. The highest BCUT2D eigenvalue weighted by molar-refractivity contribution is 5.30. The molecule has 2 heterocycles. The van der Waals surface area contributed by atoms with Crippen LogP contribution in [-0.4, -0.2) is 52.2 Å². The van der Waals surface area contributed by atoms with E-state index in [4.69, 9.17) is 9.84 Å². The van der Waals surface area contributed by atoms with Crippen LogP contribution in [0.15, 0.2) is 42.7 Å². The number of morpholine rings is 1. The predicted octanol–water partition coefficient (Wildman–Crippen LogP) is 1.07. The van der Waals surface area contributed by atoms with E-state index in [1.807, 2.05) is 41.2 Å². The second-order valence-corrected chi connectivity index (χ2v) is 5.04. The van der Waals surface area contributed by atoms with Crippen LogP contribution in [0.1, 0.15) is 5.56 Å². The fourth-order valence-electron chi connectivity index (χ4n) is 2.46. The lowest BCUT2D eigenvalue weighted by atomic mass is 10.2. The molecule has 1 unspecified atom stereocenters. The van der Waals surface area contributed by atoms with Crippen molar-refractivity contribution in [1.82, 2.24) is 14.7 Å². The van der Waals surface area contributed by atoms with Gasteiger partial charge in [0.05, 0.1) is 31.2 Å². The number of para-hydroxylation sites is 1. The first-order valence-electron chi connectivity index (χ1n) is 6.89.